The van der Waals surface area contributed by atoms with Crippen molar-refractivity contribution in [3.63, 3.8) is 0 Å². The fraction of sp³-hybridized carbons (Fsp3) is 0.474. The van der Waals surface area contributed by atoms with Crippen molar-refractivity contribution in [2.75, 3.05) is 6.54 Å². The highest BCUT2D eigenvalue weighted by molar-refractivity contribution is 5.71. The second kappa shape index (κ2) is 6.58. The van der Waals surface area contributed by atoms with Crippen LogP contribution in [0.15, 0.2) is 12.1 Å². The summed E-state index contributed by atoms with van der Waals surface area (Å²) in [6.45, 7) is 7.59. The van der Waals surface area contributed by atoms with Crippen molar-refractivity contribution in [2.24, 2.45) is 7.05 Å². The molecule has 1 unspecified atom stereocenters. The Balaban J connectivity index is 1.99. The molecule has 2 heterocycles. The topological polar surface area (TPSA) is 47.4 Å². The van der Waals surface area contributed by atoms with Gasteiger partial charge in [-0.25, -0.2) is 18.0 Å². The molecule has 0 saturated carbocycles. The van der Waals surface area contributed by atoms with Gasteiger partial charge in [-0.1, -0.05) is 0 Å². The van der Waals surface area contributed by atoms with E-state index in [2.05, 4.69) is 5.10 Å². The zero-order valence-electron chi connectivity index (χ0n) is 15.9. The molecule has 1 aliphatic heterocycles. The summed E-state index contributed by atoms with van der Waals surface area (Å²) in [6, 6.07) is 1.56. The van der Waals surface area contributed by atoms with Gasteiger partial charge >= 0.3 is 6.09 Å². The van der Waals surface area contributed by atoms with E-state index < -0.39 is 29.1 Å². The van der Waals surface area contributed by atoms with Gasteiger partial charge < -0.3 is 4.74 Å². The first kappa shape index (κ1) is 19.3. The van der Waals surface area contributed by atoms with E-state index in [1.165, 1.54) is 4.68 Å². The molecule has 0 fully saturated rings. The summed E-state index contributed by atoms with van der Waals surface area (Å²) < 4.78 is 47.6. The van der Waals surface area contributed by atoms with E-state index in [4.69, 9.17) is 4.74 Å². The SMILES string of the molecule is CC1c2nn(C)c(-c3cc(F)c(F)c(F)c3)c2CCN1C(=O)OC(C)(C)C. The van der Waals surface area contributed by atoms with Gasteiger partial charge in [0.15, 0.2) is 17.5 Å². The van der Waals surface area contributed by atoms with Crippen molar-refractivity contribution >= 4 is 6.09 Å². The fourth-order valence-corrected chi connectivity index (χ4v) is 3.37. The maximum Gasteiger partial charge on any atom is 0.410 e. The maximum absolute atomic E-state index is 13.7. The Kier molecular flexibility index (Phi) is 4.69. The van der Waals surface area contributed by atoms with Crippen molar-refractivity contribution < 1.29 is 22.7 Å². The number of amides is 1. The van der Waals surface area contributed by atoms with Crippen LogP contribution in [0.4, 0.5) is 18.0 Å². The largest absolute Gasteiger partial charge is 0.444 e. The second-order valence-corrected chi connectivity index (χ2v) is 7.69. The molecule has 0 radical (unpaired) electrons. The molecule has 1 aromatic heterocycles. The van der Waals surface area contributed by atoms with Crippen LogP contribution in [0.5, 0.6) is 0 Å². The predicted molar refractivity (Wildman–Crippen MR) is 93.6 cm³/mol. The molecule has 1 amide bonds. The highest BCUT2D eigenvalue weighted by atomic mass is 19.2. The quantitative estimate of drug-likeness (QED) is 0.690. The van der Waals surface area contributed by atoms with Crippen molar-refractivity contribution in [3.8, 4) is 11.3 Å². The number of rotatable bonds is 1. The van der Waals surface area contributed by atoms with E-state index in [1.54, 1.807) is 32.7 Å². The van der Waals surface area contributed by atoms with Gasteiger partial charge in [0.05, 0.1) is 17.4 Å². The summed E-state index contributed by atoms with van der Waals surface area (Å²) in [5, 5.41) is 4.45. The number of aryl methyl sites for hydroxylation is 1. The van der Waals surface area contributed by atoms with Gasteiger partial charge in [0.2, 0.25) is 0 Å². The lowest BCUT2D eigenvalue weighted by Crippen LogP contribution is -2.42. The Bertz CT molecular complexity index is 879. The van der Waals surface area contributed by atoms with E-state index in [9.17, 15) is 18.0 Å². The molecule has 0 bridgehead atoms. The molecule has 1 aromatic carbocycles. The molecule has 0 saturated heterocycles. The maximum atomic E-state index is 13.7. The van der Waals surface area contributed by atoms with Gasteiger partial charge in [0.25, 0.3) is 0 Å². The normalized spacial score (nSPS) is 17.0. The van der Waals surface area contributed by atoms with Crippen LogP contribution in [0.1, 0.15) is 45.0 Å². The third-order valence-corrected chi connectivity index (χ3v) is 4.53. The average Bonchev–Trinajstić information content (AvgIpc) is 2.87. The first-order valence-corrected chi connectivity index (χ1v) is 8.70. The molecule has 27 heavy (non-hydrogen) atoms. The monoisotopic (exact) mass is 381 g/mol. The number of halogens is 3. The van der Waals surface area contributed by atoms with Crippen molar-refractivity contribution in [1.82, 2.24) is 14.7 Å². The summed E-state index contributed by atoms with van der Waals surface area (Å²) in [7, 11) is 1.65. The van der Waals surface area contributed by atoms with Crippen LogP contribution in [-0.4, -0.2) is 32.9 Å². The van der Waals surface area contributed by atoms with E-state index in [0.29, 0.717) is 24.4 Å². The highest BCUT2D eigenvalue weighted by Crippen LogP contribution is 2.36. The van der Waals surface area contributed by atoms with Crippen molar-refractivity contribution in [1.29, 1.82) is 0 Å². The third-order valence-electron chi connectivity index (χ3n) is 4.53. The lowest BCUT2D eigenvalue weighted by Gasteiger charge is -2.34. The summed E-state index contributed by atoms with van der Waals surface area (Å²) in [6.07, 6.45) is 0.00891. The number of hydrogen-bond donors (Lipinski definition) is 0. The number of aromatic nitrogens is 2. The van der Waals surface area contributed by atoms with Crippen LogP contribution >= 0.6 is 0 Å². The average molecular weight is 381 g/mol. The molecule has 2 aromatic rings. The van der Waals surface area contributed by atoms with Gasteiger partial charge in [0, 0.05) is 24.7 Å². The van der Waals surface area contributed by atoms with Gasteiger partial charge in [-0.05, 0) is 46.2 Å². The van der Waals surface area contributed by atoms with Crippen molar-refractivity contribution in [3.05, 3.63) is 40.8 Å². The minimum atomic E-state index is -1.50. The minimum absolute atomic E-state index is 0.209. The molecule has 3 rings (SSSR count). The number of carbonyl (C=O) groups excluding carboxylic acids is 1. The second-order valence-electron chi connectivity index (χ2n) is 7.69. The van der Waals surface area contributed by atoms with E-state index in [1.807, 2.05) is 6.92 Å². The molecule has 1 aliphatic rings. The molecule has 8 heteroatoms. The Morgan fingerprint density at radius 3 is 2.37 bits per heavy atom. The molecule has 0 spiro atoms. The van der Waals surface area contributed by atoms with Crippen LogP contribution < -0.4 is 0 Å². The molecule has 0 aliphatic carbocycles. The lowest BCUT2D eigenvalue weighted by molar-refractivity contribution is 0.0155. The van der Waals surface area contributed by atoms with Crippen molar-refractivity contribution in [2.45, 2.75) is 45.8 Å². The summed E-state index contributed by atoms with van der Waals surface area (Å²) in [4.78, 5) is 14.0. The van der Waals surface area contributed by atoms with E-state index >= 15 is 0 Å². The molecular weight excluding hydrogens is 359 g/mol. The first-order chi connectivity index (χ1) is 12.5. The fourth-order valence-electron chi connectivity index (χ4n) is 3.37. The Hall–Kier alpha value is -2.51. The Morgan fingerprint density at radius 1 is 1.22 bits per heavy atom. The lowest BCUT2D eigenvalue weighted by atomic mass is 9.96. The first-order valence-electron chi connectivity index (χ1n) is 8.70. The number of fused-ring (bicyclic) bond motifs is 1. The van der Waals surface area contributed by atoms with Gasteiger partial charge in [-0.3, -0.25) is 9.58 Å². The van der Waals surface area contributed by atoms with Crippen LogP contribution in [-0.2, 0) is 18.2 Å². The highest BCUT2D eigenvalue weighted by Gasteiger charge is 2.35. The smallest absolute Gasteiger partial charge is 0.410 e. The van der Waals surface area contributed by atoms with Gasteiger partial charge in [-0.15, -0.1) is 0 Å². The zero-order valence-corrected chi connectivity index (χ0v) is 15.9. The van der Waals surface area contributed by atoms with Crippen LogP contribution in [0.25, 0.3) is 11.3 Å². The number of ether oxygens (including phenoxy) is 1. The van der Waals surface area contributed by atoms with E-state index in [-0.39, 0.29) is 11.6 Å². The van der Waals surface area contributed by atoms with E-state index in [0.717, 1.165) is 17.7 Å². The standard InChI is InChI=1S/C19H22F3N3O2/c1-10-16-12(6-7-25(10)18(26)27-19(2,3)4)17(24(5)23-16)11-8-13(20)15(22)14(21)9-11/h8-10H,6-7H2,1-5H3. The zero-order chi connectivity index (χ0) is 20.1. The summed E-state index contributed by atoms with van der Waals surface area (Å²) in [5.74, 6) is -4.00. The number of carbonyl (C=O) groups is 1. The predicted octanol–water partition coefficient (Wildman–Crippen LogP) is 4.36. The molecule has 0 N–H and O–H groups in total. The number of hydrogen-bond acceptors (Lipinski definition) is 3. The Labute approximate surface area is 155 Å². The third kappa shape index (κ3) is 3.52. The molecule has 5 nitrogen and oxygen atoms in total. The molecule has 1 atom stereocenters. The minimum Gasteiger partial charge on any atom is -0.444 e. The summed E-state index contributed by atoms with van der Waals surface area (Å²) in [5.41, 5.74) is 1.53. The molecule has 146 valence electrons. The van der Waals surface area contributed by atoms with Gasteiger partial charge in [-0.2, -0.15) is 5.10 Å². The van der Waals surface area contributed by atoms with Crippen LogP contribution in [0.3, 0.4) is 0 Å². The Morgan fingerprint density at radius 2 is 1.81 bits per heavy atom. The van der Waals surface area contributed by atoms with Gasteiger partial charge in [0.1, 0.15) is 5.60 Å². The molecular formula is C19H22F3N3O2. The number of benzene rings is 1. The van der Waals surface area contributed by atoms with Crippen LogP contribution in [0, 0.1) is 17.5 Å². The summed E-state index contributed by atoms with van der Waals surface area (Å²) >= 11 is 0. The number of nitrogens with zero attached hydrogens (tertiary/aromatic N) is 3. The van der Waals surface area contributed by atoms with Crippen LogP contribution in [0.2, 0.25) is 0 Å².